The van der Waals surface area contributed by atoms with E-state index in [2.05, 4.69) is 40.7 Å². The minimum absolute atomic E-state index is 0.898. The minimum Gasteiger partial charge on any atom is -0.103 e. The van der Waals surface area contributed by atoms with Gasteiger partial charge < -0.3 is 0 Å². The average molecular weight is 223 g/mol. The van der Waals surface area contributed by atoms with Crippen molar-refractivity contribution < 1.29 is 0 Å². The van der Waals surface area contributed by atoms with Crippen molar-refractivity contribution >= 4 is 20.4 Å². The van der Waals surface area contributed by atoms with Gasteiger partial charge in [0.05, 0.1) is 0 Å². The van der Waals surface area contributed by atoms with Gasteiger partial charge in [0, 0.05) is 4.48 Å². The molecule has 0 aliphatic carbocycles. The summed E-state index contributed by atoms with van der Waals surface area (Å²) in [5.41, 5.74) is 1.21. The van der Waals surface area contributed by atoms with Crippen LogP contribution in [0.2, 0.25) is 0 Å². The first-order valence-corrected chi connectivity index (χ1v) is 4.66. The van der Waals surface area contributed by atoms with Crippen molar-refractivity contribution in [3.05, 3.63) is 54.6 Å². The van der Waals surface area contributed by atoms with Gasteiger partial charge in [-0.25, -0.2) is 0 Å². The van der Waals surface area contributed by atoms with Crippen molar-refractivity contribution in [1.82, 2.24) is 0 Å². The molecule has 1 rings (SSSR count). The molecule has 0 nitrogen and oxygen atoms in total. The zero-order chi connectivity index (χ0) is 8.81. The van der Waals surface area contributed by atoms with E-state index in [1.54, 1.807) is 0 Å². The van der Waals surface area contributed by atoms with Crippen LogP contribution in [0.1, 0.15) is 12.0 Å². The predicted octanol–water partition coefficient (Wildman–Crippen LogP) is 4.00. The highest BCUT2D eigenvalue weighted by Gasteiger charge is 1.92. The van der Waals surface area contributed by atoms with E-state index < -0.39 is 0 Å². The molecule has 0 aliphatic heterocycles. The number of benzene rings is 1. The van der Waals surface area contributed by atoms with E-state index in [-0.39, 0.29) is 0 Å². The third kappa shape index (κ3) is 2.67. The van der Waals surface area contributed by atoms with Gasteiger partial charge in [0.1, 0.15) is 0 Å². The molecule has 62 valence electrons. The Bertz CT molecular complexity index is 272. The molecule has 1 aromatic rings. The first kappa shape index (κ1) is 9.27. The van der Waals surface area contributed by atoms with Gasteiger partial charge in [-0.3, -0.25) is 0 Å². The van der Waals surface area contributed by atoms with Gasteiger partial charge in [0.15, 0.2) is 0 Å². The molecular formula is C11H11Br. The second kappa shape index (κ2) is 4.94. The summed E-state index contributed by atoms with van der Waals surface area (Å²) in [5, 5.41) is 0. The summed E-state index contributed by atoms with van der Waals surface area (Å²) in [6.45, 7) is 3.66. The zero-order valence-corrected chi connectivity index (χ0v) is 8.42. The van der Waals surface area contributed by atoms with Gasteiger partial charge in [0.25, 0.3) is 0 Å². The van der Waals surface area contributed by atoms with E-state index in [4.69, 9.17) is 0 Å². The van der Waals surface area contributed by atoms with Gasteiger partial charge in [-0.15, -0.1) is 6.58 Å². The standard InChI is InChI=1S/C11H11Br/c1-2-3-9-11(12)10-7-5-4-6-8-10/h2,4-9H,1,3H2. The summed E-state index contributed by atoms with van der Waals surface area (Å²) in [6.07, 6.45) is 4.88. The minimum atomic E-state index is 0.898. The first-order valence-electron chi connectivity index (χ1n) is 3.86. The van der Waals surface area contributed by atoms with Gasteiger partial charge in [-0.2, -0.15) is 0 Å². The largest absolute Gasteiger partial charge is 0.103 e. The molecule has 0 spiro atoms. The number of allylic oxidation sites excluding steroid dienone is 2. The van der Waals surface area contributed by atoms with Gasteiger partial charge in [-0.1, -0.05) is 58.4 Å². The third-order valence-corrected chi connectivity index (χ3v) is 2.29. The molecule has 0 aromatic heterocycles. The Morgan fingerprint density at radius 1 is 1.33 bits per heavy atom. The lowest BCUT2D eigenvalue weighted by Crippen LogP contribution is -1.73. The van der Waals surface area contributed by atoms with Crippen molar-refractivity contribution in [3.8, 4) is 0 Å². The van der Waals surface area contributed by atoms with Crippen LogP contribution in [0.15, 0.2) is 49.1 Å². The summed E-state index contributed by atoms with van der Waals surface area (Å²) in [5.74, 6) is 0. The summed E-state index contributed by atoms with van der Waals surface area (Å²) in [6, 6.07) is 10.2. The molecule has 12 heavy (non-hydrogen) atoms. The maximum atomic E-state index is 3.66. The second-order valence-electron chi connectivity index (χ2n) is 2.44. The molecule has 0 aliphatic rings. The maximum Gasteiger partial charge on any atom is 0.0210 e. The molecule has 1 heteroatoms. The van der Waals surface area contributed by atoms with Crippen molar-refractivity contribution in [3.63, 3.8) is 0 Å². The Kier molecular flexibility index (Phi) is 3.81. The van der Waals surface area contributed by atoms with Crippen LogP contribution in [0.5, 0.6) is 0 Å². The summed E-state index contributed by atoms with van der Waals surface area (Å²) in [4.78, 5) is 0. The molecule has 1 aromatic carbocycles. The number of hydrogen-bond donors (Lipinski definition) is 0. The molecular weight excluding hydrogens is 212 g/mol. The molecule has 0 saturated heterocycles. The van der Waals surface area contributed by atoms with Crippen LogP contribution in [0.3, 0.4) is 0 Å². The Morgan fingerprint density at radius 2 is 2.00 bits per heavy atom. The molecule has 0 unspecified atom stereocenters. The first-order chi connectivity index (χ1) is 5.84. The smallest absolute Gasteiger partial charge is 0.0210 e. The molecule has 0 atom stereocenters. The SMILES string of the molecule is C=CCC=C(Br)c1ccccc1. The van der Waals surface area contributed by atoms with Gasteiger partial charge in [-0.05, 0) is 12.0 Å². The van der Waals surface area contributed by atoms with Crippen LogP contribution in [0.25, 0.3) is 4.48 Å². The fourth-order valence-electron chi connectivity index (χ4n) is 0.902. The molecule has 0 fully saturated rings. The van der Waals surface area contributed by atoms with Crippen LogP contribution >= 0.6 is 15.9 Å². The highest BCUT2D eigenvalue weighted by atomic mass is 79.9. The maximum absolute atomic E-state index is 3.66. The monoisotopic (exact) mass is 222 g/mol. The predicted molar refractivity (Wildman–Crippen MR) is 58.2 cm³/mol. The lowest BCUT2D eigenvalue weighted by molar-refractivity contribution is 1.42. The zero-order valence-electron chi connectivity index (χ0n) is 6.83. The van der Waals surface area contributed by atoms with Crippen molar-refractivity contribution in [2.45, 2.75) is 6.42 Å². The Labute approximate surface area is 81.7 Å². The lowest BCUT2D eigenvalue weighted by atomic mass is 10.2. The van der Waals surface area contributed by atoms with E-state index in [1.807, 2.05) is 24.3 Å². The van der Waals surface area contributed by atoms with Crippen molar-refractivity contribution in [1.29, 1.82) is 0 Å². The van der Waals surface area contributed by atoms with E-state index in [1.165, 1.54) is 5.56 Å². The summed E-state index contributed by atoms with van der Waals surface area (Å²) in [7, 11) is 0. The van der Waals surface area contributed by atoms with E-state index >= 15 is 0 Å². The van der Waals surface area contributed by atoms with Crippen LogP contribution in [-0.4, -0.2) is 0 Å². The molecule has 0 heterocycles. The van der Waals surface area contributed by atoms with Crippen LogP contribution in [0.4, 0.5) is 0 Å². The van der Waals surface area contributed by atoms with Crippen LogP contribution in [-0.2, 0) is 0 Å². The summed E-state index contributed by atoms with van der Waals surface area (Å²) < 4.78 is 1.13. The topological polar surface area (TPSA) is 0 Å². The van der Waals surface area contributed by atoms with E-state index in [9.17, 15) is 0 Å². The number of halogens is 1. The van der Waals surface area contributed by atoms with Crippen molar-refractivity contribution in [2.75, 3.05) is 0 Å². The molecule has 0 bridgehead atoms. The summed E-state index contributed by atoms with van der Waals surface area (Å²) >= 11 is 3.50. The van der Waals surface area contributed by atoms with Gasteiger partial charge >= 0.3 is 0 Å². The van der Waals surface area contributed by atoms with Crippen LogP contribution in [0, 0.1) is 0 Å². The second-order valence-corrected chi connectivity index (χ2v) is 3.30. The molecule has 0 radical (unpaired) electrons. The fraction of sp³-hybridized carbons (Fsp3) is 0.0909. The quantitative estimate of drug-likeness (QED) is 0.679. The van der Waals surface area contributed by atoms with Gasteiger partial charge in [0.2, 0.25) is 0 Å². The Balaban J connectivity index is 2.77. The average Bonchev–Trinajstić information content (AvgIpc) is 2.15. The van der Waals surface area contributed by atoms with Crippen molar-refractivity contribution in [2.24, 2.45) is 0 Å². The van der Waals surface area contributed by atoms with Crippen LogP contribution < -0.4 is 0 Å². The molecule has 0 saturated carbocycles. The normalized spacial score (nSPS) is 11.2. The number of hydrogen-bond acceptors (Lipinski definition) is 0. The highest BCUT2D eigenvalue weighted by molar-refractivity contribution is 9.15. The third-order valence-electron chi connectivity index (χ3n) is 1.51. The highest BCUT2D eigenvalue weighted by Crippen LogP contribution is 2.20. The lowest BCUT2D eigenvalue weighted by Gasteiger charge is -1.96. The fourth-order valence-corrected chi connectivity index (χ4v) is 1.35. The molecule has 0 amide bonds. The Morgan fingerprint density at radius 3 is 2.58 bits per heavy atom. The van der Waals surface area contributed by atoms with E-state index in [0.717, 1.165) is 10.9 Å². The van der Waals surface area contributed by atoms with E-state index in [0.29, 0.717) is 0 Å². The Hall–Kier alpha value is -0.820. The molecule has 0 N–H and O–H groups in total. The number of rotatable bonds is 3.